The average molecular weight is 220 g/mol. The van der Waals surface area contributed by atoms with Crippen molar-refractivity contribution in [2.45, 2.75) is 13.8 Å². The van der Waals surface area contributed by atoms with Crippen molar-refractivity contribution >= 4 is 17.3 Å². The fourth-order valence-corrected chi connectivity index (χ4v) is 1.51. The molecule has 0 saturated heterocycles. The van der Waals surface area contributed by atoms with Gasteiger partial charge in [0, 0.05) is 18.3 Å². The van der Waals surface area contributed by atoms with Gasteiger partial charge in [0.15, 0.2) is 6.61 Å². The van der Waals surface area contributed by atoms with E-state index in [9.17, 15) is 4.79 Å². The fraction of sp³-hybridized carbons (Fsp3) is 0.417. The van der Waals surface area contributed by atoms with E-state index >= 15 is 0 Å². The van der Waals surface area contributed by atoms with E-state index < -0.39 is 0 Å². The minimum atomic E-state index is -0.101. The number of amides is 1. The Balaban J connectivity index is 2.10. The molecule has 0 aromatic heterocycles. The standard InChI is InChI=1S/C12H16N2O2/c1-8(2)6-13-9-3-4-10-11(5-9)16-7-12(15)14-10/h3-5,8,13H,6-7H2,1-2H3,(H,14,15). The molecule has 2 rings (SSSR count). The molecule has 0 atom stereocenters. The van der Waals surface area contributed by atoms with Crippen LogP contribution in [0.15, 0.2) is 18.2 Å². The van der Waals surface area contributed by atoms with E-state index in [1.54, 1.807) is 0 Å². The van der Waals surface area contributed by atoms with Crippen molar-refractivity contribution < 1.29 is 9.53 Å². The molecule has 0 bridgehead atoms. The second-order valence-electron chi connectivity index (χ2n) is 4.32. The zero-order valence-electron chi connectivity index (χ0n) is 9.54. The van der Waals surface area contributed by atoms with Crippen LogP contribution in [0.25, 0.3) is 0 Å². The first-order chi connectivity index (χ1) is 7.65. The van der Waals surface area contributed by atoms with Gasteiger partial charge < -0.3 is 15.4 Å². The summed E-state index contributed by atoms with van der Waals surface area (Å²) in [6.07, 6.45) is 0. The molecule has 0 saturated carbocycles. The highest BCUT2D eigenvalue weighted by molar-refractivity contribution is 5.95. The Morgan fingerprint density at radius 2 is 2.31 bits per heavy atom. The highest BCUT2D eigenvalue weighted by Gasteiger charge is 2.15. The molecular formula is C12H16N2O2. The van der Waals surface area contributed by atoms with Gasteiger partial charge in [-0.25, -0.2) is 0 Å². The lowest BCUT2D eigenvalue weighted by molar-refractivity contribution is -0.118. The maximum atomic E-state index is 11.1. The summed E-state index contributed by atoms with van der Waals surface area (Å²) in [7, 11) is 0. The molecule has 0 aliphatic carbocycles. The molecule has 1 aliphatic rings. The molecule has 86 valence electrons. The minimum absolute atomic E-state index is 0.0979. The molecule has 16 heavy (non-hydrogen) atoms. The van der Waals surface area contributed by atoms with Gasteiger partial charge in [-0.2, -0.15) is 0 Å². The third kappa shape index (κ3) is 2.45. The van der Waals surface area contributed by atoms with Crippen LogP contribution in [-0.4, -0.2) is 19.1 Å². The number of hydrogen-bond donors (Lipinski definition) is 2. The molecule has 0 fully saturated rings. The summed E-state index contributed by atoms with van der Waals surface area (Å²) < 4.78 is 5.33. The molecule has 4 nitrogen and oxygen atoms in total. The van der Waals surface area contributed by atoms with Crippen LogP contribution in [0, 0.1) is 5.92 Å². The molecule has 1 heterocycles. The lowest BCUT2D eigenvalue weighted by Gasteiger charge is -2.19. The van der Waals surface area contributed by atoms with Gasteiger partial charge in [0.1, 0.15) is 5.75 Å². The SMILES string of the molecule is CC(C)CNc1ccc2c(c1)OCC(=O)N2. The van der Waals surface area contributed by atoms with Crippen LogP contribution in [0.1, 0.15) is 13.8 Å². The Kier molecular flexibility index (Phi) is 2.99. The molecule has 1 aromatic carbocycles. The zero-order valence-corrected chi connectivity index (χ0v) is 9.54. The van der Waals surface area contributed by atoms with Crippen molar-refractivity contribution in [1.82, 2.24) is 0 Å². The number of ether oxygens (including phenoxy) is 1. The molecule has 1 aliphatic heterocycles. The first kappa shape index (κ1) is 10.8. The Bertz CT molecular complexity index is 402. The maximum Gasteiger partial charge on any atom is 0.262 e. The Hall–Kier alpha value is -1.71. The van der Waals surface area contributed by atoms with Crippen LogP contribution in [0.5, 0.6) is 5.75 Å². The molecule has 0 spiro atoms. The first-order valence-electron chi connectivity index (χ1n) is 5.46. The molecule has 2 N–H and O–H groups in total. The van der Waals surface area contributed by atoms with Crippen LogP contribution in [0.2, 0.25) is 0 Å². The number of anilines is 2. The Morgan fingerprint density at radius 1 is 1.50 bits per heavy atom. The van der Waals surface area contributed by atoms with E-state index in [-0.39, 0.29) is 12.5 Å². The van der Waals surface area contributed by atoms with Crippen LogP contribution in [0.3, 0.4) is 0 Å². The van der Waals surface area contributed by atoms with Gasteiger partial charge in [0.2, 0.25) is 0 Å². The van der Waals surface area contributed by atoms with Crippen molar-refractivity contribution in [3.05, 3.63) is 18.2 Å². The van der Waals surface area contributed by atoms with Gasteiger partial charge in [-0.15, -0.1) is 0 Å². The second-order valence-corrected chi connectivity index (χ2v) is 4.32. The van der Waals surface area contributed by atoms with Crippen LogP contribution in [0.4, 0.5) is 11.4 Å². The second kappa shape index (κ2) is 4.43. The summed E-state index contributed by atoms with van der Waals surface area (Å²) in [5.41, 5.74) is 1.76. The summed E-state index contributed by atoms with van der Waals surface area (Å²) in [6.45, 7) is 5.33. The summed E-state index contributed by atoms with van der Waals surface area (Å²) in [4.78, 5) is 11.1. The van der Waals surface area contributed by atoms with Gasteiger partial charge in [-0.3, -0.25) is 4.79 Å². The van der Waals surface area contributed by atoms with Crippen molar-refractivity contribution in [3.63, 3.8) is 0 Å². The van der Waals surface area contributed by atoms with E-state index in [1.165, 1.54) is 0 Å². The quantitative estimate of drug-likeness (QED) is 0.820. The largest absolute Gasteiger partial charge is 0.482 e. The summed E-state index contributed by atoms with van der Waals surface area (Å²) in [6, 6.07) is 5.71. The van der Waals surface area contributed by atoms with E-state index in [1.807, 2.05) is 18.2 Å². The highest BCUT2D eigenvalue weighted by Crippen LogP contribution is 2.30. The van der Waals surface area contributed by atoms with Gasteiger partial charge in [-0.1, -0.05) is 13.8 Å². The number of nitrogens with one attached hydrogen (secondary N) is 2. The Morgan fingerprint density at radius 3 is 3.06 bits per heavy atom. The normalized spacial score (nSPS) is 14.1. The van der Waals surface area contributed by atoms with Crippen LogP contribution >= 0.6 is 0 Å². The highest BCUT2D eigenvalue weighted by atomic mass is 16.5. The molecule has 4 heteroatoms. The van der Waals surface area contributed by atoms with E-state index in [4.69, 9.17) is 4.74 Å². The summed E-state index contributed by atoms with van der Waals surface area (Å²) in [5.74, 6) is 1.22. The van der Waals surface area contributed by atoms with E-state index in [0.717, 1.165) is 23.7 Å². The van der Waals surface area contributed by atoms with Crippen molar-refractivity contribution in [2.24, 2.45) is 5.92 Å². The molecule has 0 radical (unpaired) electrons. The first-order valence-corrected chi connectivity index (χ1v) is 5.46. The minimum Gasteiger partial charge on any atom is -0.482 e. The summed E-state index contributed by atoms with van der Waals surface area (Å²) >= 11 is 0. The zero-order chi connectivity index (χ0) is 11.5. The number of hydrogen-bond acceptors (Lipinski definition) is 3. The predicted molar refractivity (Wildman–Crippen MR) is 63.9 cm³/mol. The van der Waals surface area contributed by atoms with Gasteiger partial charge in [-0.05, 0) is 18.1 Å². The molecular weight excluding hydrogens is 204 g/mol. The van der Waals surface area contributed by atoms with Gasteiger partial charge in [0.25, 0.3) is 5.91 Å². The number of benzene rings is 1. The van der Waals surface area contributed by atoms with Gasteiger partial charge >= 0.3 is 0 Å². The number of fused-ring (bicyclic) bond motifs is 1. The molecule has 0 unspecified atom stereocenters. The van der Waals surface area contributed by atoms with E-state index in [2.05, 4.69) is 24.5 Å². The number of carbonyl (C=O) groups excluding carboxylic acids is 1. The van der Waals surface area contributed by atoms with Crippen LogP contribution in [-0.2, 0) is 4.79 Å². The lowest BCUT2D eigenvalue weighted by Crippen LogP contribution is -2.25. The Labute approximate surface area is 95.0 Å². The topological polar surface area (TPSA) is 50.4 Å². The van der Waals surface area contributed by atoms with Crippen molar-refractivity contribution in [1.29, 1.82) is 0 Å². The van der Waals surface area contributed by atoms with Crippen molar-refractivity contribution in [3.8, 4) is 5.75 Å². The van der Waals surface area contributed by atoms with Crippen LogP contribution < -0.4 is 15.4 Å². The molecule has 1 aromatic rings. The third-order valence-electron chi connectivity index (χ3n) is 2.33. The van der Waals surface area contributed by atoms with Gasteiger partial charge in [0.05, 0.1) is 5.69 Å². The average Bonchev–Trinajstić information content (AvgIpc) is 2.26. The van der Waals surface area contributed by atoms with E-state index in [0.29, 0.717) is 5.92 Å². The maximum absolute atomic E-state index is 11.1. The van der Waals surface area contributed by atoms with Crippen molar-refractivity contribution in [2.75, 3.05) is 23.8 Å². The third-order valence-corrected chi connectivity index (χ3v) is 2.33. The number of rotatable bonds is 3. The smallest absolute Gasteiger partial charge is 0.262 e. The fourth-order valence-electron chi connectivity index (χ4n) is 1.51. The molecule has 1 amide bonds. The predicted octanol–water partition coefficient (Wildman–Crippen LogP) is 2.09. The monoisotopic (exact) mass is 220 g/mol. The number of carbonyl (C=O) groups is 1. The lowest BCUT2D eigenvalue weighted by atomic mass is 10.2. The summed E-state index contributed by atoms with van der Waals surface area (Å²) in [5, 5.41) is 6.07.